The molecule has 30 heavy (non-hydrogen) atoms. The van der Waals surface area contributed by atoms with Gasteiger partial charge in [-0.15, -0.1) is 0 Å². The van der Waals surface area contributed by atoms with Crippen LogP contribution in [0.4, 0.5) is 0 Å². The van der Waals surface area contributed by atoms with Crippen LogP contribution in [0.1, 0.15) is 90.4 Å². The molecule has 0 aliphatic heterocycles. The van der Waals surface area contributed by atoms with E-state index in [1.54, 1.807) is 7.11 Å². The van der Waals surface area contributed by atoms with Gasteiger partial charge in [0.05, 0.1) is 12.7 Å². The summed E-state index contributed by atoms with van der Waals surface area (Å²) in [6, 6.07) is 0. The molecule has 0 amide bonds. The van der Waals surface area contributed by atoms with Gasteiger partial charge < -0.3 is 29.3 Å². The van der Waals surface area contributed by atoms with Gasteiger partial charge in [0.25, 0.3) is 0 Å². The minimum atomic E-state index is -4.64. The van der Waals surface area contributed by atoms with Gasteiger partial charge in [-0.25, -0.2) is 4.57 Å². The average molecular weight is 475 g/mol. The number of ether oxygens (including phenoxy) is 2. The Hall–Kier alpha value is 0.340. The van der Waals surface area contributed by atoms with Crippen LogP contribution in [0, 0.1) is 0 Å². The standard InChI is InChI=1S/C21H44O3S.H3O4P/c1-3-4-5-6-7-8-9-10-11-13-16-24-17-14-12-15-18-25-20-21(19-22)23-2;1-5(2,3)4/h21-22H,3-20H2,1-2H3;(H3,1,2,3,4). The second-order valence-corrected chi connectivity index (χ2v) is 9.66. The van der Waals surface area contributed by atoms with E-state index in [2.05, 4.69) is 6.92 Å². The Morgan fingerprint density at radius 3 is 1.67 bits per heavy atom. The summed E-state index contributed by atoms with van der Waals surface area (Å²) in [6.07, 6.45) is 17.5. The molecule has 0 spiro atoms. The van der Waals surface area contributed by atoms with Crippen molar-refractivity contribution in [2.75, 3.05) is 38.4 Å². The van der Waals surface area contributed by atoms with Gasteiger partial charge in [0.1, 0.15) is 0 Å². The Balaban J connectivity index is 0. The first-order valence-electron chi connectivity index (χ1n) is 11.4. The molecule has 4 N–H and O–H groups in total. The maximum Gasteiger partial charge on any atom is 0.466 e. The second kappa shape index (κ2) is 25.6. The van der Waals surface area contributed by atoms with Crippen LogP contribution in [0.2, 0.25) is 0 Å². The predicted molar refractivity (Wildman–Crippen MR) is 126 cm³/mol. The Morgan fingerprint density at radius 2 is 1.23 bits per heavy atom. The molecule has 184 valence electrons. The summed E-state index contributed by atoms with van der Waals surface area (Å²) in [5.41, 5.74) is 0. The molecule has 0 aliphatic carbocycles. The average Bonchev–Trinajstić information content (AvgIpc) is 2.68. The van der Waals surface area contributed by atoms with E-state index in [1.165, 1.54) is 83.5 Å². The first-order valence-corrected chi connectivity index (χ1v) is 14.1. The summed E-state index contributed by atoms with van der Waals surface area (Å²) in [6.45, 7) is 4.26. The van der Waals surface area contributed by atoms with E-state index < -0.39 is 7.82 Å². The number of phosphoric acid groups is 1. The van der Waals surface area contributed by atoms with Crippen LogP contribution in [0.5, 0.6) is 0 Å². The van der Waals surface area contributed by atoms with Crippen LogP contribution in [0.25, 0.3) is 0 Å². The SMILES string of the molecule is CCCCCCCCCCCCOCCCCCSCC(CO)OC.O=P(O)(O)O. The summed E-state index contributed by atoms with van der Waals surface area (Å²) < 4.78 is 19.7. The topological polar surface area (TPSA) is 116 Å². The van der Waals surface area contributed by atoms with Gasteiger partial charge >= 0.3 is 7.82 Å². The number of hydrogen-bond donors (Lipinski definition) is 4. The first kappa shape index (κ1) is 32.5. The number of aliphatic hydroxyl groups is 1. The van der Waals surface area contributed by atoms with E-state index in [1.807, 2.05) is 11.8 Å². The molecule has 1 unspecified atom stereocenters. The highest BCUT2D eigenvalue weighted by Gasteiger charge is 2.04. The fourth-order valence-electron chi connectivity index (χ4n) is 2.79. The highest BCUT2D eigenvalue weighted by atomic mass is 32.2. The van der Waals surface area contributed by atoms with Gasteiger partial charge in [0.15, 0.2) is 0 Å². The van der Waals surface area contributed by atoms with E-state index in [0.717, 1.165) is 24.7 Å². The maximum atomic E-state index is 9.01. The van der Waals surface area contributed by atoms with Crippen molar-refractivity contribution >= 4 is 19.6 Å². The van der Waals surface area contributed by atoms with Gasteiger partial charge in [0, 0.05) is 26.1 Å². The fourth-order valence-corrected chi connectivity index (χ4v) is 3.87. The van der Waals surface area contributed by atoms with Crippen molar-refractivity contribution in [3.8, 4) is 0 Å². The van der Waals surface area contributed by atoms with Gasteiger partial charge in [-0.3, -0.25) is 0 Å². The van der Waals surface area contributed by atoms with E-state index in [9.17, 15) is 0 Å². The zero-order valence-electron chi connectivity index (χ0n) is 19.2. The molecular weight excluding hydrogens is 427 g/mol. The van der Waals surface area contributed by atoms with Gasteiger partial charge in [0.2, 0.25) is 0 Å². The van der Waals surface area contributed by atoms with Crippen LogP contribution >= 0.6 is 19.6 Å². The minimum absolute atomic E-state index is 0.00519. The van der Waals surface area contributed by atoms with Crippen LogP contribution in [0.3, 0.4) is 0 Å². The normalized spacial score (nSPS) is 12.5. The summed E-state index contributed by atoms with van der Waals surface area (Å²) >= 11 is 1.87. The molecule has 0 bridgehead atoms. The molecule has 0 aliphatic rings. The van der Waals surface area contributed by atoms with Crippen LogP contribution in [-0.2, 0) is 14.0 Å². The van der Waals surface area contributed by atoms with Gasteiger partial charge in [-0.1, -0.05) is 71.1 Å². The number of methoxy groups -OCH3 is 1. The molecule has 0 aromatic heterocycles. The predicted octanol–water partition coefficient (Wildman–Crippen LogP) is 4.91. The molecule has 0 heterocycles. The summed E-state index contributed by atoms with van der Waals surface area (Å²) in [5.74, 6) is 2.04. The third-order valence-electron chi connectivity index (χ3n) is 4.56. The summed E-state index contributed by atoms with van der Waals surface area (Å²) in [4.78, 5) is 21.6. The van der Waals surface area contributed by atoms with Crippen molar-refractivity contribution in [2.45, 2.75) is 96.5 Å². The first-order chi connectivity index (χ1) is 14.3. The Kier molecular flexibility index (Phi) is 27.7. The second-order valence-electron chi connectivity index (χ2n) is 7.48. The zero-order valence-corrected chi connectivity index (χ0v) is 20.9. The van der Waals surface area contributed by atoms with Gasteiger partial charge in [-0.2, -0.15) is 11.8 Å². The number of hydrogen-bond acceptors (Lipinski definition) is 5. The van der Waals surface area contributed by atoms with Crippen LogP contribution in [0.15, 0.2) is 0 Å². The van der Waals surface area contributed by atoms with E-state index in [4.69, 9.17) is 33.8 Å². The molecular formula is C21H47O7PS. The third kappa shape index (κ3) is 35.8. The molecule has 0 fully saturated rings. The Bertz CT molecular complexity index is 357. The van der Waals surface area contributed by atoms with Gasteiger partial charge in [-0.05, 0) is 25.0 Å². The Morgan fingerprint density at radius 1 is 0.800 bits per heavy atom. The lowest BCUT2D eigenvalue weighted by Crippen LogP contribution is -2.18. The molecule has 9 heteroatoms. The van der Waals surface area contributed by atoms with Crippen molar-refractivity contribution < 1.29 is 33.8 Å². The van der Waals surface area contributed by atoms with Crippen molar-refractivity contribution in [3.05, 3.63) is 0 Å². The number of unbranched alkanes of at least 4 members (excludes halogenated alkanes) is 11. The van der Waals surface area contributed by atoms with E-state index in [-0.39, 0.29) is 12.7 Å². The quantitative estimate of drug-likeness (QED) is 0.137. The van der Waals surface area contributed by atoms with Crippen molar-refractivity contribution in [2.24, 2.45) is 0 Å². The third-order valence-corrected chi connectivity index (χ3v) is 5.75. The lowest BCUT2D eigenvalue weighted by molar-refractivity contribution is 0.0656. The molecule has 0 aromatic rings. The van der Waals surface area contributed by atoms with Crippen molar-refractivity contribution in [3.63, 3.8) is 0 Å². The van der Waals surface area contributed by atoms with E-state index in [0.29, 0.717) is 0 Å². The Labute approximate surface area is 188 Å². The minimum Gasteiger partial charge on any atom is -0.394 e. The monoisotopic (exact) mass is 474 g/mol. The van der Waals surface area contributed by atoms with Crippen molar-refractivity contribution in [1.82, 2.24) is 0 Å². The smallest absolute Gasteiger partial charge is 0.394 e. The van der Waals surface area contributed by atoms with Crippen molar-refractivity contribution in [1.29, 1.82) is 0 Å². The zero-order chi connectivity index (χ0) is 22.9. The molecule has 0 saturated heterocycles. The van der Waals surface area contributed by atoms with Crippen LogP contribution < -0.4 is 0 Å². The number of aliphatic hydroxyl groups excluding tert-OH is 1. The molecule has 0 aromatic carbocycles. The lowest BCUT2D eigenvalue weighted by Gasteiger charge is -2.11. The van der Waals surface area contributed by atoms with Crippen LogP contribution in [-0.4, -0.2) is 64.3 Å². The largest absolute Gasteiger partial charge is 0.466 e. The molecule has 1 atom stereocenters. The van der Waals surface area contributed by atoms with E-state index >= 15 is 0 Å². The highest BCUT2D eigenvalue weighted by Crippen LogP contribution is 2.25. The number of rotatable bonds is 21. The fraction of sp³-hybridized carbons (Fsp3) is 1.00. The lowest BCUT2D eigenvalue weighted by atomic mass is 10.1. The molecule has 0 saturated carbocycles. The summed E-state index contributed by atoms with van der Waals surface area (Å²) in [5, 5.41) is 9.01. The molecule has 7 nitrogen and oxygen atoms in total. The highest BCUT2D eigenvalue weighted by molar-refractivity contribution is 7.99. The molecule has 0 rings (SSSR count). The molecule has 0 radical (unpaired) electrons. The summed E-state index contributed by atoms with van der Waals surface area (Å²) in [7, 11) is -2.98. The maximum absolute atomic E-state index is 9.01. The number of thioether (sulfide) groups is 1.